The largest absolute Gasteiger partial charge is 0.377 e. The second-order valence-corrected chi connectivity index (χ2v) is 6.21. The molecule has 1 atom stereocenters. The minimum absolute atomic E-state index is 0.0703. The van der Waals surface area contributed by atoms with Crippen molar-refractivity contribution in [2.75, 3.05) is 19.8 Å². The molecule has 22 heavy (non-hydrogen) atoms. The lowest BCUT2D eigenvalue weighted by Crippen LogP contribution is -2.49. The Bertz CT molecular complexity index is 566. The van der Waals surface area contributed by atoms with Crippen LogP contribution in [0, 0.1) is 5.92 Å². The smallest absolute Gasteiger partial charge is 0.345 e. The van der Waals surface area contributed by atoms with Crippen LogP contribution in [0.1, 0.15) is 49.8 Å². The summed E-state index contributed by atoms with van der Waals surface area (Å²) in [6.45, 7) is 7.87. The van der Waals surface area contributed by atoms with Gasteiger partial charge in [0.25, 0.3) is 5.91 Å². The van der Waals surface area contributed by atoms with Crippen LogP contribution in [-0.2, 0) is 11.2 Å². The summed E-state index contributed by atoms with van der Waals surface area (Å²) in [6, 6.07) is 1.78. The van der Waals surface area contributed by atoms with Crippen LogP contribution in [0.5, 0.6) is 0 Å². The van der Waals surface area contributed by atoms with E-state index in [9.17, 15) is 9.59 Å². The molecule has 1 saturated heterocycles. The molecule has 1 aliphatic rings. The van der Waals surface area contributed by atoms with Gasteiger partial charge < -0.3 is 14.6 Å². The average Bonchev–Trinajstić information content (AvgIpc) is 2.46. The summed E-state index contributed by atoms with van der Waals surface area (Å²) in [6.07, 6.45) is 2.60. The van der Waals surface area contributed by atoms with Crippen molar-refractivity contribution < 1.29 is 9.53 Å². The number of ether oxygens (including phenoxy) is 1. The van der Waals surface area contributed by atoms with Crippen LogP contribution in [0.3, 0.4) is 0 Å². The molecule has 1 amide bonds. The van der Waals surface area contributed by atoms with E-state index in [0.29, 0.717) is 25.7 Å². The molecule has 0 bridgehead atoms. The van der Waals surface area contributed by atoms with E-state index in [4.69, 9.17) is 4.74 Å². The first-order chi connectivity index (χ1) is 10.5. The molecule has 0 aromatic carbocycles. The predicted molar refractivity (Wildman–Crippen MR) is 84.0 cm³/mol. The maximum Gasteiger partial charge on any atom is 0.345 e. The van der Waals surface area contributed by atoms with Crippen molar-refractivity contribution in [2.24, 2.45) is 5.92 Å². The summed E-state index contributed by atoms with van der Waals surface area (Å²) in [7, 11) is 0. The molecule has 1 aromatic heterocycles. The van der Waals surface area contributed by atoms with Gasteiger partial charge in [0.15, 0.2) is 0 Å². The van der Waals surface area contributed by atoms with Gasteiger partial charge in [0.2, 0.25) is 0 Å². The van der Waals surface area contributed by atoms with E-state index in [2.05, 4.69) is 30.7 Å². The molecule has 0 saturated carbocycles. The lowest BCUT2D eigenvalue weighted by Gasteiger charge is -2.35. The van der Waals surface area contributed by atoms with Crippen LogP contribution in [0.15, 0.2) is 10.9 Å². The van der Waals surface area contributed by atoms with Crippen LogP contribution in [0.2, 0.25) is 0 Å². The highest BCUT2D eigenvalue weighted by Gasteiger charge is 2.28. The van der Waals surface area contributed by atoms with Gasteiger partial charge in [-0.05, 0) is 24.8 Å². The third-order valence-corrected chi connectivity index (χ3v) is 3.76. The van der Waals surface area contributed by atoms with Crippen molar-refractivity contribution in [2.45, 2.75) is 46.1 Å². The second kappa shape index (κ2) is 7.54. The number of morpholine rings is 1. The summed E-state index contributed by atoms with van der Waals surface area (Å²) in [5, 5.41) is 0. The van der Waals surface area contributed by atoms with Crippen LogP contribution in [-0.4, -0.2) is 46.6 Å². The molecule has 2 rings (SSSR count). The Kier molecular flexibility index (Phi) is 5.71. The van der Waals surface area contributed by atoms with E-state index < -0.39 is 5.69 Å². The Labute approximate surface area is 130 Å². The number of carbonyl (C=O) groups excluding carboxylic acids is 1. The lowest BCUT2D eigenvalue weighted by atomic mass is 10.1. The number of aromatic nitrogens is 2. The SMILES string of the molecule is CCC[C@@H]1COCCN1C(=O)c1cc(CC(C)C)[nH]c(=O)n1. The normalized spacial score (nSPS) is 18.7. The van der Waals surface area contributed by atoms with Gasteiger partial charge in [0.05, 0.1) is 19.3 Å². The minimum Gasteiger partial charge on any atom is -0.377 e. The first-order valence-corrected chi connectivity index (χ1v) is 8.00. The molecule has 2 heterocycles. The van der Waals surface area contributed by atoms with Gasteiger partial charge in [-0.25, -0.2) is 4.79 Å². The fourth-order valence-electron chi connectivity index (χ4n) is 2.81. The van der Waals surface area contributed by atoms with E-state index >= 15 is 0 Å². The van der Waals surface area contributed by atoms with E-state index in [1.807, 2.05) is 0 Å². The van der Waals surface area contributed by atoms with Crippen LogP contribution in [0.25, 0.3) is 0 Å². The number of amides is 1. The predicted octanol–water partition coefficient (Wildman–Crippen LogP) is 1.61. The van der Waals surface area contributed by atoms with E-state index in [1.165, 1.54) is 0 Å². The molecule has 0 aliphatic carbocycles. The number of hydrogen-bond acceptors (Lipinski definition) is 4. The fraction of sp³-hybridized carbons (Fsp3) is 0.688. The van der Waals surface area contributed by atoms with Gasteiger partial charge in [-0.1, -0.05) is 27.2 Å². The van der Waals surface area contributed by atoms with Crippen LogP contribution < -0.4 is 5.69 Å². The minimum atomic E-state index is -0.457. The van der Waals surface area contributed by atoms with Gasteiger partial charge in [0, 0.05) is 12.2 Å². The highest BCUT2D eigenvalue weighted by molar-refractivity contribution is 5.92. The van der Waals surface area contributed by atoms with Crippen molar-refractivity contribution in [3.05, 3.63) is 27.9 Å². The van der Waals surface area contributed by atoms with Crippen molar-refractivity contribution in [1.82, 2.24) is 14.9 Å². The first kappa shape index (κ1) is 16.7. The molecule has 6 heteroatoms. The molecule has 122 valence electrons. The molecule has 1 aromatic rings. The third kappa shape index (κ3) is 4.16. The zero-order chi connectivity index (χ0) is 16.1. The highest BCUT2D eigenvalue weighted by atomic mass is 16.5. The Morgan fingerprint density at radius 1 is 1.55 bits per heavy atom. The Morgan fingerprint density at radius 2 is 2.32 bits per heavy atom. The number of aromatic amines is 1. The van der Waals surface area contributed by atoms with Crippen molar-refractivity contribution in [3.63, 3.8) is 0 Å². The van der Waals surface area contributed by atoms with Crippen molar-refractivity contribution in [3.8, 4) is 0 Å². The van der Waals surface area contributed by atoms with Gasteiger partial charge in [-0.15, -0.1) is 0 Å². The Balaban J connectivity index is 2.23. The molecule has 6 nitrogen and oxygen atoms in total. The van der Waals surface area contributed by atoms with Gasteiger partial charge in [0.1, 0.15) is 5.69 Å². The molecule has 1 N–H and O–H groups in total. The lowest BCUT2D eigenvalue weighted by molar-refractivity contribution is -0.00467. The molecule has 0 radical (unpaired) electrons. The van der Waals surface area contributed by atoms with E-state index in [1.54, 1.807) is 11.0 Å². The van der Waals surface area contributed by atoms with Crippen LogP contribution in [0.4, 0.5) is 0 Å². The van der Waals surface area contributed by atoms with Gasteiger partial charge >= 0.3 is 5.69 Å². The summed E-state index contributed by atoms with van der Waals surface area (Å²) in [5.74, 6) is 0.232. The standard InChI is InChI=1S/C16H25N3O3/c1-4-5-13-10-22-7-6-19(13)15(20)14-9-12(8-11(2)3)17-16(21)18-14/h9,11,13H,4-8,10H2,1-3H3,(H,17,18,21)/t13-/m1/s1. The number of nitrogens with zero attached hydrogens (tertiary/aromatic N) is 2. The third-order valence-electron chi connectivity index (χ3n) is 3.76. The molecular weight excluding hydrogens is 282 g/mol. The number of H-pyrrole nitrogens is 1. The molecule has 1 fully saturated rings. The molecule has 1 aliphatic heterocycles. The number of carbonyl (C=O) groups is 1. The molecule has 0 unspecified atom stereocenters. The summed E-state index contributed by atoms with van der Waals surface area (Å²) in [5.41, 5.74) is 0.544. The summed E-state index contributed by atoms with van der Waals surface area (Å²) >= 11 is 0. The zero-order valence-electron chi connectivity index (χ0n) is 13.6. The molecular formula is C16H25N3O3. The fourth-order valence-corrected chi connectivity index (χ4v) is 2.81. The maximum absolute atomic E-state index is 12.7. The van der Waals surface area contributed by atoms with Crippen molar-refractivity contribution in [1.29, 1.82) is 0 Å². The van der Waals surface area contributed by atoms with E-state index in [0.717, 1.165) is 25.0 Å². The van der Waals surface area contributed by atoms with Crippen molar-refractivity contribution >= 4 is 5.91 Å². The second-order valence-electron chi connectivity index (χ2n) is 6.21. The topological polar surface area (TPSA) is 75.3 Å². The number of hydrogen-bond donors (Lipinski definition) is 1. The summed E-state index contributed by atoms with van der Waals surface area (Å²) < 4.78 is 5.47. The Morgan fingerprint density at radius 3 is 3.00 bits per heavy atom. The monoisotopic (exact) mass is 307 g/mol. The summed E-state index contributed by atoms with van der Waals surface area (Å²) in [4.78, 5) is 32.8. The van der Waals surface area contributed by atoms with Gasteiger partial charge in [-0.2, -0.15) is 4.98 Å². The molecule has 0 spiro atoms. The van der Waals surface area contributed by atoms with Gasteiger partial charge in [-0.3, -0.25) is 4.79 Å². The number of rotatable bonds is 5. The first-order valence-electron chi connectivity index (χ1n) is 8.00. The maximum atomic E-state index is 12.7. The zero-order valence-corrected chi connectivity index (χ0v) is 13.6. The average molecular weight is 307 g/mol. The number of nitrogens with one attached hydrogen (secondary N) is 1. The quantitative estimate of drug-likeness (QED) is 0.896. The van der Waals surface area contributed by atoms with E-state index in [-0.39, 0.29) is 17.6 Å². The van der Waals surface area contributed by atoms with Crippen LogP contribution >= 0.6 is 0 Å². The Hall–Kier alpha value is -1.69. The highest BCUT2D eigenvalue weighted by Crippen LogP contribution is 2.15.